The first-order valence-corrected chi connectivity index (χ1v) is 11.2. The lowest BCUT2D eigenvalue weighted by atomic mass is 9.92. The Morgan fingerprint density at radius 2 is 1.75 bits per heavy atom. The molecule has 1 fully saturated rings. The van der Waals surface area contributed by atoms with Gasteiger partial charge in [-0.3, -0.25) is 4.79 Å². The third-order valence-electron chi connectivity index (χ3n) is 6.06. The number of ether oxygens (including phenoxy) is 2. The SMILES string of the molecule is C#Cc1ccc([C@@H]2C=C(C(=O)N3CCCCC3)O[C@H](OCc3ccc(CO)cc3)C2)cc1. The molecular formula is C27H29NO4. The first-order chi connectivity index (χ1) is 15.7. The van der Waals surface area contributed by atoms with Crippen molar-refractivity contribution in [3.05, 3.63) is 82.6 Å². The zero-order valence-electron chi connectivity index (χ0n) is 18.2. The van der Waals surface area contributed by atoms with Gasteiger partial charge in [0.15, 0.2) is 5.76 Å². The number of terminal acetylenes is 1. The average Bonchev–Trinajstić information content (AvgIpc) is 2.87. The van der Waals surface area contributed by atoms with Crippen LogP contribution >= 0.6 is 0 Å². The van der Waals surface area contributed by atoms with E-state index in [1.807, 2.05) is 59.5 Å². The summed E-state index contributed by atoms with van der Waals surface area (Å²) in [4.78, 5) is 15.0. The highest BCUT2D eigenvalue weighted by molar-refractivity contribution is 5.91. The quantitative estimate of drug-likeness (QED) is 0.700. The largest absolute Gasteiger partial charge is 0.459 e. The molecule has 0 saturated carbocycles. The molecule has 2 heterocycles. The van der Waals surface area contributed by atoms with Crippen molar-refractivity contribution in [1.29, 1.82) is 0 Å². The van der Waals surface area contributed by atoms with Crippen LogP contribution in [0.15, 0.2) is 60.4 Å². The van der Waals surface area contributed by atoms with Gasteiger partial charge >= 0.3 is 0 Å². The van der Waals surface area contributed by atoms with E-state index < -0.39 is 6.29 Å². The summed E-state index contributed by atoms with van der Waals surface area (Å²) in [5.74, 6) is 2.95. The topological polar surface area (TPSA) is 59.0 Å². The molecule has 4 rings (SSSR count). The number of carbonyl (C=O) groups is 1. The fourth-order valence-electron chi connectivity index (χ4n) is 4.15. The number of amides is 1. The van der Waals surface area contributed by atoms with Crippen LogP contribution in [0.4, 0.5) is 0 Å². The molecule has 0 radical (unpaired) electrons. The Hall–Kier alpha value is -3.07. The zero-order valence-corrected chi connectivity index (χ0v) is 18.2. The van der Waals surface area contributed by atoms with Gasteiger partial charge in [-0.05, 0) is 54.2 Å². The van der Waals surface area contributed by atoms with E-state index in [9.17, 15) is 9.90 Å². The predicted molar refractivity (Wildman–Crippen MR) is 122 cm³/mol. The van der Waals surface area contributed by atoms with E-state index in [1.54, 1.807) is 0 Å². The second-order valence-electron chi connectivity index (χ2n) is 8.33. The maximum absolute atomic E-state index is 13.1. The second kappa shape index (κ2) is 10.5. The number of aliphatic hydroxyl groups excluding tert-OH is 1. The summed E-state index contributed by atoms with van der Waals surface area (Å²) in [5.41, 5.74) is 3.75. The van der Waals surface area contributed by atoms with Crippen molar-refractivity contribution in [3.63, 3.8) is 0 Å². The molecule has 2 aliphatic rings. The molecule has 0 bridgehead atoms. The highest BCUT2D eigenvalue weighted by atomic mass is 16.7. The third kappa shape index (κ3) is 5.40. The van der Waals surface area contributed by atoms with Crippen LogP contribution in [0.5, 0.6) is 0 Å². The number of allylic oxidation sites excluding steroid dienone is 1. The van der Waals surface area contributed by atoms with E-state index in [0.29, 0.717) is 18.8 Å². The highest BCUT2D eigenvalue weighted by Crippen LogP contribution is 2.33. The van der Waals surface area contributed by atoms with Crippen LogP contribution in [0.3, 0.4) is 0 Å². The molecule has 32 heavy (non-hydrogen) atoms. The van der Waals surface area contributed by atoms with Gasteiger partial charge in [0.25, 0.3) is 5.91 Å². The number of piperidine rings is 1. The molecule has 1 saturated heterocycles. The van der Waals surface area contributed by atoms with Gasteiger partial charge in [0.1, 0.15) is 0 Å². The van der Waals surface area contributed by atoms with Gasteiger partial charge < -0.3 is 19.5 Å². The maximum atomic E-state index is 13.1. The summed E-state index contributed by atoms with van der Waals surface area (Å²) in [5, 5.41) is 9.22. The molecule has 166 valence electrons. The molecule has 0 unspecified atom stereocenters. The first-order valence-electron chi connectivity index (χ1n) is 11.2. The van der Waals surface area contributed by atoms with E-state index >= 15 is 0 Å². The summed E-state index contributed by atoms with van der Waals surface area (Å²) < 4.78 is 12.1. The van der Waals surface area contributed by atoms with Gasteiger partial charge in [-0.25, -0.2) is 0 Å². The van der Waals surface area contributed by atoms with Gasteiger partial charge in [0.2, 0.25) is 6.29 Å². The molecule has 1 N–H and O–H groups in total. The zero-order chi connectivity index (χ0) is 22.3. The molecule has 0 aliphatic carbocycles. The van der Waals surface area contributed by atoms with Crippen LogP contribution in [-0.4, -0.2) is 35.3 Å². The maximum Gasteiger partial charge on any atom is 0.288 e. The van der Waals surface area contributed by atoms with Crippen molar-refractivity contribution < 1.29 is 19.4 Å². The van der Waals surface area contributed by atoms with Crippen molar-refractivity contribution >= 4 is 5.91 Å². The summed E-state index contributed by atoms with van der Waals surface area (Å²) in [6.07, 6.45) is 10.7. The number of rotatable bonds is 6. The second-order valence-corrected chi connectivity index (χ2v) is 8.33. The summed E-state index contributed by atoms with van der Waals surface area (Å²) >= 11 is 0. The monoisotopic (exact) mass is 431 g/mol. The molecule has 2 aromatic carbocycles. The van der Waals surface area contributed by atoms with Crippen molar-refractivity contribution in [2.45, 2.75) is 51.1 Å². The fourth-order valence-corrected chi connectivity index (χ4v) is 4.15. The highest BCUT2D eigenvalue weighted by Gasteiger charge is 2.31. The Morgan fingerprint density at radius 3 is 2.41 bits per heavy atom. The Kier molecular flexibility index (Phi) is 7.26. The van der Waals surface area contributed by atoms with Crippen LogP contribution < -0.4 is 0 Å². The molecule has 2 atom stereocenters. The van der Waals surface area contributed by atoms with Crippen LogP contribution in [0.25, 0.3) is 0 Å². The Balaban J connectivity index is 1.51. The lowest BCUT2D eigenvalue weighted by Gasteiger charge is -2.33. The van der Waals surface area contributed by atoms with E-state index in [0.717, 1.165) is 54.6 Å². The minimum atomic E-state index is -0.529. The molecule has 5 nitrogen and oxygen atoms in total. The van der Waals surface area contributed by atoms with Gasteiger partial charge in [-0.1, -0.05) is 42.3 Å². The molecular weight excluding hydrogens is 402 g/mol. The summed E-state index contributed by atoms with van der Waals surface area (Å²) in [6, 6.07) is 15.5. The average molecular weight is 432 g/mol. The van der Waals surface area contributed by atoms with Crippen molar-refractivity contribution in [1.82, 2.24) is 4.90 Å². The summed E-state index contributed by atoms with van der Waals surface area (Å²) in [6.45, 7) is 1.91. The van der Waals surface area contributed by atoms with Gasteiger partial charge in [0, 0.05) is 31.0 Å². The van der Waals surface area contributed by atoms with Crippen molar-refractivity contribution in [2.24, 2.45) is 0 Å². The number of hydrogen-bond acceptors (Lipinski definition) is 4. The van der Waals surface area contributed by atoms with E-state index in [2.05, 4.69) is 5.92 Å². The number of benzene rings is 2. The Bertz CT molecular complexity index is 982. The smallest absolute Gasteiger partial charge is 0.288 e. The molecule has 0 aromatic heterocycles. The lowest BCUT2D eigenvalue weighted by Crippen LogP contribution is -2.39. The Morgan fingerprint density at radius 1 is 1.06 bits per heavy atom. The fraction of sp³-hybridized carbons (Fsp3) is 0.370. The Labute approximate surface area is 189 Å². The summed E-state index contributed by atoms with van der Waals surface area (Å²) in [7, 11) is 0. The van der Waals surface area contributed by atoms with E-state index in [4.69, 9.17) is 15.9 Å². The number of likely N-dealkylation sites (tertiary alicyclic amines) is 1. The standard InChI is InChI=1S/C27H29NO4/c1-2-20-10-12-23(13-11-20)24-16-25(27(30)28-14-4-3-5-15-28)32-26(17-24)31-19-22-8-6-21(18-29)7-9-22/h1,6-13,16,24,26,29H,3-5,14-15,17-19H2/t24-,26+/m1/s1. The van der Waals surface area contributed by atoms with Gasteiger partial charge in [0.05, 0.1) is 13.2 Å². The van der Waals surface area contributed by atoms with Crippen LogP contribution in [0.2, 0.25) is 0 Å². The van der Waals surface area contributed by atoms with Crippen molar-refractivity contribution in [2.75, 3.05) is 13.1 Å². The lowest BCUT2D eigenvalue weighted by molar-refractivity contribution is -0.156. The van der Waals surface area contributed by atoms with Gasteiger partial charge in [-0.2, -0.15) is 0 Å². The predicted octanol–water partition coefficient (Wildman–Crippen LogP) is 4.10. The minimum Gasteiger partial charge on any atom is -0.459 e. The first kappa shape index (κ1) is 22.1. The molecule has 1 amide bonds. The van der Waals surface area contributed by atoms with E-state index in [1.165, 1.54) is 0 Å². The number of nitrogens with zero attached hydrogens (tertiary/aromatic N) is 1. The number of carbonyl (C=O) groups excluding carboxylic acids is 1. The molecule has 0 spiro atoms. The third-order valence-corrected chi connectivity index (χ3v) is 6.06. The van der Waals surface area contributed by atoms with Crippen LogP contribution in [0.1, 0.15) is 53.9 Å². The normalized spacial score (nSPS) is 20.8. The van der Waals surface area contributed by atoms with E-state index in [-0.39, 0.29) is 18.4 Å². The number of hydrogen-bond donors (Lipinski definition) is 1. The molecule has 2 aromatic rings. The molecule has 2 aliphatic heterocycles. The van der Waals surface area contributed by atoms with Gasteiger partial charge in [-0.15, -0.1) is 6.42 Å². The number of aliphatic hydroxyl groups is 1. The van der Waals surface area contributed by atoms with Crippen LogP contribution in [0, 0.1) is 12.3 Å². The minimum absolute atomic E-state index is 0.001000. The molecule has 5 heteroatoms. The van der Waals surface area contributed by atoms with Crippen LogP contribution in [-0.2, 0) is 27.5 Å². The van der Waals surface area contributed by atoms with Crippen molar-refractivity contribution in [3.8, 4) is 12.3 Å².